The van der Waals surface area contributed by atoms with Crippen LogP contribution in [0.3, 0.4) is 0 Å². The van der Waals surface area contributed by atoms with Crippen LogP contribution in [0.25, 0.3) is 28.0 Å². The second-order valence-electron chi connectivity index (χ2n) is 7.54. The summed E-state index contributed by atoms with van der Waals surface area (Å²) in [6.45, 7) is 2.82. The zero-order valence-corrected chi connectivity index (χ0v) is 18.0. The first-order valence-electron chi connectivity index (χ1n) is 10.6. The molecule has 0 saturated heterocycles. The SMILES string of the molecule is Cc1nc(NCCNC(=O)c2ccc3noc(-c4ccccc4)c3c2)cc(-n2cccc2)n1. The Bertz CT molecular complexity index is 1390. The van der Waals surface area contributed by atoms with E-state index in [-0.39, 0.29) is 5.91 Å². The molecule has 8 nitrogen and oxygen atoms in total. The van der Waals surface area contributed by atoms with E-state index in [0.717, 1.165) is 16.8 Å². The lowest BCUT2D eigenvalue weighted by molar-refractivity contribution is 0.0955. The summed E-state index contributed by atoms with van der Waals surface area (Å²) in [5.74, 6) is 2.66. The van der Waals surface area contributed by atoms with Crippen molar-refractivity contribution in [2.75, 3.05) is 18.4 Å². The Morgan fingerprint density at radius 2 is 1.79 bits per heavy atom. The van der Waals surface area contributed by atoms with Gasteiger partial charge in [0, 0.05) is 42.7 Å². The fraction of sp³-hybridized carbons (Fsp3) is 0.120. The smallest absolute Gasteiger partial charge is 0.251 e. The number of rotatable bonds is 7. The normalized spacial score (nSPS) is 10.9. The van der Waals surface area contributed by atoms with Crippen LogP contribution in [0.1, 0.15) is 16.2 Å². The summed E-state index contributed by atoms with van der Waals surface area (Å²) in [6, 6.07) is 20.8. The Morgan fingerprint density at radius 1 is 0.970 bits per heavy atom. The van der Waals surface area contributed by atoms with Gasteiger partial charge >= 0.3 is 0 Å². The van der Waals surface area contributed by atoms with E-state index in [9.17, 15) is 4.79 Å². The van der Waals surface area contributed by atoms with Crippen LogP contribution in [0, 0.1) is 6.92 Å². The second kappa shape index (κ2) is 8.96. The zero-order chi connectivity index (χ0) is 22.6. The number of carbonyl (C=O) groups excluding carboxylic acids is 1. The molecule has 2 aromatic carbocycles. The van der Waals surface area contributed by atoms with Gasteiger partial charge in [0.25, 0.3) is 5.91 Å². The minimum atomic E-state index is -0.161. The molecule has 3 heterocycles. The highest BCUT2D eigenvalue weighted by atomic mass is 16.5. The molecular formula is C25H22N6O2. The number of carbonyl (C=O) groups is 1. The van der Waals surface area contributed by atoms with Gasteiger partial charge in [0.1, 0.15) is 23.0 Å². The van der Waals surface area contributed by atoms with E-state index in [4.69, 9.17) is 4.52 Å². The molecule has 5 aromatic rings. The number of fused-ring (bicyclic) bond motifs is 1. The number of hydrogen-bond acceptors (Lipinski definition) is 6. The van der Waals surface area contributed by atoms with Gasteiger partial charge in [-0.1, -0.05) is 35.5 Å². The Kier molecular flexibility index (Phi) is 5.55. The van der Waals surface area contributed by atoms with Crippen molar-refractivity contribution >= 4 is 22.6 Å². The average Bonchev–Trinajstić information content (AvgIpc) is 3.52. The molecule has 8 heteroatoms. The number of nitrogens with zero attached hydrogens (tertiary/aromatic N) is 4. The third kappa shape index (κ3) is 4.45. The van der Waals surface area contributed by atoms with Crippen molar-refractivity contribution < 1.29 is 9.32 Å². The van der Waals surface area contributed by atoms with Gasteiger partial charge in [0.05, 0.1) is 5.39 Å². The Hall–Kier alpha value is -4.46. The highest BCUT2D eigenvalue weighted by Gasteiger charge is 2.14. The quantitative estimate of drug-likeness (QED) is 0.369. The summed E-state index contributed by atoms with van der Waals surface area (Å²) in [7, 11) is 0. The molecule has 0 atom stereocenters. The van der Waals surface area contributed by atoms with Gasteiger partial charge in [-0.15, -0.1) is 0 Å². The van der Waals surface area contributed by atoms with Crippen LogP contribution in [0.2, 0.25) is 0 Å². The molecule has 164 valence electrons. The van der Waals surface area contributed by atoms with Crippen LogP contribution in [-0.2, 0) is 0 Å². The van der Waals surface area contributed by atoms with Crippen molar-refractivity contribution in [3.05, 3.63) is 90.5 Å². The molecule has 0 aliphatic carbocycles. The molecule has 0 unspecified atom stereocenters. The standard InChI is InChI=1S/C25H22N6O2/c1-17-28-22(16-23(29-17)31-13-5-6-14-31)26-11-12-27-25(32)19-9-10-21-20(15-19)24(33-30-21)18-7-3-2-4-8-18/h2-10,13-16H,11-12H2,1H3,(H,27,32)(H,26,28,29). The van der Waals surface area contributed by atoms with Crippen molar-refractivity contribution in [2.24, 2.45) is 0 Å². The van der Waals surface area contributed by atoms with Crippen LogP contribution in [0.5, 0.6) is 0 Å². The summed E-state index contributed by atoms with van der Waals surface area (Å²) < 4.78 is 7.45. The highest BCUT2D eigenvalue weighted by Crippen LogP contribution is 2.29. The van der Waals surface area contributed by atoms with Crippen LogP contribution in [0.4, 0.5) is 5.82 Å². The summed E-state index contributed by atoms with van der Waals surface area (Å²) >= 11 is 0. The number of hydrogen-bond donors (Lipinski definition) is 2. The fourth-order valence-corrected chi connectivity index (χ4v) is 3.61. The Labute approximate surface area is 190 Å². The van der Waals surface area contributed by atoms with Crippen molar-refractivity contribution in [1.82, 2.24) is 25.0 Å². The minimum absolute atomic E-state index is 0.161. The number of anilines is 1. The van der Waals surface area contributed by atoms with Gasteiger partial charge in [-0.25, -0.2) is 9.97 Å². The van der Waals surface area contributed by atoms with E-state index in [0.29, 0.717) is 41.6 Å². The first-order chi connectivity index (χ1) is 16.2. The van der Waals surface area contributed by atoms with Crippen LogP contribution in [0.15, 0.2) is 83.6 Å². The maximum atomic E-state index is 12.7. The monoisotopic (exact) mass is 438 g/mol. The third-order valence-electron chi connectivity index (χ3n) is 5.18. The van der Waals surface area contributed by atoms with E-state index in [2.05, 4.69) is 25.8 Å². The van der Waals surface area contributed by atoms with Crippen LogP contribution < -0.4 is 10.6 Å². The first kappa shape index (κ1) is 20.4. The third-order valence-corrected chi connectivity index (χ3v) is 5.18. The molecule has 2 N–H and O–H groups in total. The molecular weight excluding hydrogens is 416 g/mol. The van der Waals surface area contributed by atoms with Gasteiger partial charge in [-0.2, -0.15) is 0 Å². The largest absolute Gasteiger partial charge is 0.368 e. The molecule has 0 bridgehead atoms. The molecule has 0 fully saturated rings. The molecule has 33 heavy (non-hydrogen) atoms. The molecule has 1 amide bonds. The fourth-order valence-electron chi connectivity index (χ4n) is 3.61. The summed E-state index contributed by atoms with van der Waals surface area (Å²) in [4.78, 5) is 21.6. The van der Waals surface area contributed by atoms with Crippen LogP contribution in [-0.4, -0.2) is 38.7 Å². The number of nitrogens with one attached hydrogen (secondary N) is 2. The minimum Gasteiger partial charge on any atom is -0.368 e. The molecule has 0 aliphatic rings. The van der Waals surface area contributed by atoms with E-state index < -0.39 is 0 Å². The van der Waals surface area contributed by atoms with Gasteiger partial charge in [-0.3, -0.25) is 4.79 Å². The summed E-state index contributed by atoms with van der Waals surface area (Å²) in [5, 5.41) is 11.1. The maximum absolute atomic E-state index is 12.7. The van der Waals surface area contributed by atoms with Crippen LogP contribution >= 0.6 is 0 Å². The van der Waals surface area contributed by atoms with E-state index in [1.807, 2.05) is 78.5 Å². The van der Waals surface area contributed by atoms with Gasteiger partial charge < -0.3 is 19.7 Å². The average molecular weight is 438 g/mol. The Balaban J connectivity index is 1.23. The van der Waals surface area contributed by atoms with Crippen molar-refractivity contribution in [3.63, 3.8) is 0 Å². The van der Waals surface area contributed by atoms with Gasteiger partial charge in [0.2, 0.25) is 0 Å². The molecule has 0 aliphatic heterocycles. The lowest BCUT2D eigenvalue weighted by Crippen LogP contribution is -2.29. The zero-order valence-electron chi connectivity index (χ0n) is 18.0. The molecule has 0 saturated carbocycles. The predicted molar refractivity (Wildman–Crippen MR) is 126 cm³/mol. The number of benzene rings is 2. The predicted octanol–water partition coefficient (Wildman–Crippen LogP) is 4.23. The highest BCUT2D eigenvalue weighted by molar-refractivity contribution is 6.00. The van der Waals surface area contributed by atoms with Crippen molar-refractivity contribution in [3.8, 4) is 17.1 Å². The van der Waals surface area contributed by atoms with Gasteiger partial charge in [-0.05, 0) is 37.3 Å². The molecule has 0 radical (unpaired) electrons. The van der Waals surface area contributed by atoms with Gasteiger partial charge in [0.15, 0.2) is 5.76 Å². The second-order valence-corrected chi connectivity index (χ2v) is 7.54. The molecule has 0 spiro atoms. The van der Waals surface area contributed by atoms with E-state index in [1.165, 1.54) is 0 Å². The number of amides is 1. The van der Waals surface area contributed by atoms with E-state index in [1.54, 1.807) is 12.1 Å². The number of aryl methyl sites for hydroxylation is 1. The molecule has 5 rings (SSSR count). The van der Waals surface area contributed by atoms with Crippen molar-refractivity contribution in [1.29, 1.82) is 0 Å². The maximum Gasteiger partial charge on any atom is 0.251 e. The lowest BCUT2D eigenvalue weighted by Gasteiger charge is -2.10. The first-order valence-corrected chi connectivity index (χ1v) is 10.6. The summed E-state index contributed by atoms with van der Waals surface area (Å²) in [6.07, 6.45) is 3.86. The molecule has 3 aromatic heterocycles. The topological polar surface area (TPSA) is 97.9 Å². The lowest BCUT2D eigenvalue weighted by atomic mass is 10.1. The van der Waals surface area contributed by atoms with Crippen molar-refractivity contribution in [2.45, 2.75) is 6.92 Å². The van der Waals surface area contributed by atoms with E-state index >= 15 is 0 Å². The summed E-state index contributed by atoms with van der Waals surface area (Å²) in [5.41, 5.74) is 2.18. The number of aromatic nitrogens is 4. The Morgan fingerprint density at radius 3 is 2.61 bits per heavy atom.